The van der Waals surface area contributed by atoms with E-state index in [1.807, 2.05) is 0 Å². The van der Waals surface area contributed by atoms with Crippen molar-refractivity contribution in [2.75, 3.05) is 40.6 Å². The molecular weight excluding hydrogens is 232 g/mol. The number of rotatable bonds is 11. The van der Waals surface area contributed by atoms with E-state index in [4.69, 9.17) is 18.9 Å². The molecule has 0 N–H and O–H groups in total. The maximum absolute atomic E-state index is 5.88. The zero-order valence-corrected chi connectivity index (χ0v) is 12.9. The van der Waals surface area contributed by atoms with Crippen molar-refractivity contribution >= 4 is 0 Å². The van der Waals surface area contributed by atoms with Crippen LogP contribution >= 0.6 is 0 Å². The van der Waals surface area contributed by atoms with Crippen molar-refractivity contribution in [3.63, 3.8) is 0 Å². The maximum Gasteiger partial charge on any atom is 0.0707 e. The molecule has 0 aliphatic carbocycles. The normalized spacial score (nSPS) is 13.0. The standard InChI is InChI=1S/C14H30O4/c1-13(2,7-9-15-5)17-10-8-14(3,4)18-12-11-16-6/h7-12H2,1-6H3. The van der Waals surface area contributed by atoms with E-state index in [1.54, 1.807) is 14.2 Å². The third-order valence-corrected chi connectivity index (χ3v) is 2.89. The monoisotopic (exact) mass is 262 g/mol. The highest BCUT2D eigenvalue weighted by atomic mass is 16.5. The second-order valence-electron chi connectivity index (χ2n) is 5.70. The molecule has 0 aliphatic rings. The predicted octanol–water partition coefficient (Wildman–Crippen LogP) is 2.65. The van der Waals surface area contributed by atoms with Gasteiger partial charge in [0, 0.05) is 20.8 Å². The molecule has 4 heteroatoms. The van der Waals surface area contributed by atoms with Crippen LogP contribution in [0.1, 0.15) is 40.5 Å². The average molecular weight is 262 g/mol. The van der Waals surface area contributed by atoms with Crippen LogP contribution in [0.15, 0.2) is 0 Å². The predicted molar refractivity (Wildman–Crippen MR) is 73.0 cm³/mol. The lowest BCUT2D eigenvalue weighted by atomic mass is 10.0. The summed E-state index contributed by atoms with van der Waals surface area (Å²) >= 11 is 0. The third-order valence-electron chi connectivity index (χ3n) is 2.89. The minimum atomic E-state index is -0.171. The molecule has 0 aromatic carbocycles. The van der Waals surface area contributed by atoms with Gasteiger partial charge in [-0.25, -0.2) is 0 Å². The number of methoxy groups -OCH3 is 2. The molecule has 0 unspecified atom stereocenters. The van der Waals surface area contributed by atoms with Gasteiger partial charge < -0.3 is 18.9 Å². The van der Waals surface area contributed by atoms with E-state index >= 15 is 0 Å². The van der Waals surface area contributed by atoms with Crippen molar-refractivity contribution < 1.29 is 18.9 Å². The highest BCUT2D eigenvalue weighted by Gasteiger charge is 2.22. The molecule has 0 radical (unpaired) electrons. The van der Waals surface area contributed by atoms with E-state index in [-0.39, 0.29) is 11.2 Å². The Hall–Kier alpha value is -0.160. The van der Waals surface area contributed by atoms with Crippen LogP contribution in [0.25, 0.3) is 0 Å². The molecule has 0 atom stereocenters. The fourth-order valence-electron chi connectivity index (χ4n) is 1.47. The average Bonchev–Trinajstić information content (AvgIpc) is 2.26. The quantitative estimate of drug-likeness (QED) is 0.536. The van der Waals surface area contributed by atoms with Crippen LogP contribution in [0, 0.1) is 0 Å². The molecular formula is C14H30O4. The van der Waals surface area contributed by atoms with Gasteiger partial charge in [0.15, 0.2) is 0 Å². The van der Waals surface area contributed by atoms with Crippen molar-refractivity contribution in [3.8, 4) is 0 Å². The Bertz CT molecular complexity index is 202. The number of hydrogen-bond acceptors (Lipinski definition) is 4. The van der Waals surface area contributed by atoms with Gasteiger partial charge in [0.25, 0.3) is 0 Å². The van der Waals surface area contributed by atoms with Gasteiger partial charge in [0.05, 0.1) is 31.0 Å². The summed E-state index contributed by atoms with van der Waals surface area (Å²) in [5.41, 5.74) is -0.311. The van der Waals surface area contributed by atoms with Crippen LogP contribution in [0.4, 0.5) is 0 Å². The zero-order chi connectivity index (χ0) is 14.1. The summed E-state index contributed by atoms with van der Waals surface area (Å²) < 4.78 is 21.7. The van der Waals surface area contributed by atoms with E-state index in [0.717, 1.165) is 19.4 Å². The second kappa shape index (κ2) is 8.86. The molecule has 0 aromatic heterocycles. The van der Waals surface area contributed by atoms with Crippen molar-refractivity contribution in [2.45, 2.75) is 51.7 Å². The second-order valence-corrected chi connectivity index (χ2v) is 5.70. The van der Waals surface area contributed by atoms with Gasteiger partial charge in [-0.3, -0.25) is 0 Å². The van der Waals surface area contributed by atoms with Crippen molar-refractivity contribution in [2.24, 2.45) is 0 Å². The molecule has 0 bridgehead atoms. The molecule has 0 heterocycles. The van der Waals surface area contributed by atoms with Crippen LogP contribution < -0.4 is 0 Å². The van der Waals surface area contributed by atoms with Crippen molar-refractivity contribution in [1.82, 2.24) is 0 Å². The molecule has 0 amide bonds. The molecule has 110 valence electrons. The first-order valence-electron chi connectivity index (χ1n) is 6.59. The van der Waals surface area contributed by atoms with Crippen LogP contribution in [0.2, 0.25) is 0 Å². The Labute approximate surface area is 112 Å². The molecule has 0 saturated heterocycles. The maximum atomic E-state index is 5.88. The molecule has 0 rings (SSSR count). The number of ether oxygens (including phenoxy) is 4. The Balaban J connectivity index is 3.79. The van der Waals surface area contributed by atoms with Crippen LogP contribution in [0.5, 0.6) is 0 Å². The first-order chi connectivity index (χ1) is 8.33. The van der Waals surface area contributed by atoms with Crippen molar-refractivity contribution in [1.29, 1.82) is 0 Å². The molecule has 18 heavy (non-hydrogen) atoms. The minimum Gasteiger partial charge on any atom is -0.385 e. The molecule has 0 fully saturated rings. The summed E-state index contributed by atoms with van der Waals surface area (Å²) in [7, 11) is 3.39. The summed E-state index contributed by atoms with van der Waals surface area (Å²) in [6.45, 7) is 11.0. The zero-order valence-electron chi connectivity index (χ0n) is 12.9. The van der Waals surface area contributed by atoms with Gasteiger partial charge in [-0.15, -0.1) is 0 Å². The molecule has 0 saturated carbocycles. The van der Waals surface area contributed by atoms with Gasteiger partial charge >= 0.3 is 0 Å². The van der Waals surface area contributed by atoms with Gasteiger partial charge in [-0.2, -0.15) is 0 Å². The SMILES string of the molecule is COCCOC(C)(C)CCOC(C)(C)CCOC. The first-order valence-corrected chi connectivity index (χ1v) is 6.59. The van der Waals surface area contributed by atoms with Crippen LogP contribution in [-0.4, -0.2) is 51.8 Å². The highest BCUT2D eigenvalue weighted by Crippen LogP contribution is 2.19. The summed E-state index contributed by atoms with van der Waals surface area (Å²) in [5, 5.41) is 0. The third kappa shape index (κ3) is 9.83. The Morgan fingerprint density at radius 2 is 1.06 bits per heavy atom. The van der Waals surface area contributed by atoms with E-state index in [0.29, 0.717) is 19.8 Å². The van der Waals surface area contributed by atoms with E-state index < -0.39 is 0 Å². The Kier molecular flexibility index (Phi) is 8.78. The molecule has 0 aromatic rings. The summed E-state index contributed by atoms with van der Waals surface area (Å²) in [6, 6.07) is 0. The van der Waals surface area contributed by atoms with Crippen LogP contribution in [0.3, 0.4) is 0 Å². The van der Waals surface area contributed by atoms with Crippen molar-refractivity contribution in [3.05, 3.63) is 0 Å². The van der Waals surface area contributed by atoms with E-state index in [9.17, 15) is 0 Å². The molecule has 0 spiro atoms. The lowest BCUT2D eigenvalue weighted by molar-refractivity contribution is -0.0857. The molecule has 0 aliphatic heterocycles. The Morgan fingerprint density at radius 1 is 0.611 bits per heavy atom. The van der Waals surface area contributed by atoms with E-state index in [1.165, 1.54) is 0 Å². The first kappa shape index (κ1) is 17.8. The summed E-state index contributed by atoms with van der Waals surface area (Å²) in [5.74, 6) is 0. The van der Waals surface area contributed by atoms with Gasteiger partial charge in [-0.1, -0.05) is 0 Å². The summed E-state index contributed by atoms with van der Waals surface area (Å²) in [6.07, 6.45) is 1.77. The van der Waals surface area contributed by atoms with Gasteiger partial charge in [0.1, 0.15) is 0 Å². The largest absolute Gasteiger partial charge is 0.385 e. The van der Waals surface area contributed by atoms with Gasteiger partial charge in [-0.05, 0) is 40.5 Å². The lowest BCUT2D eigenvalue weighted by Gasteiger charge is -2.29. The Morgan fingerprint density at radius 3 is 1.56 bits per heavy atom. The minimum absolute atomic E-state index is 0.140. The molecule has 4 nitrogen and oxygen atoms in total. The van der Waals surface area contributed by atoms with Crippen LogP contribution in [-0.2, 0) is 18.9 Å². The highest BCUT2D eigenvalue weighted by molar-refractivity contribution is 4.72. The van der Waals surface area contributed by atoms with E-state index in [2.05, 4.69) is 27.7 Å². The smallest absolute Gasteiger partial charge is 0.0707 e. The number of hydrogen-bond donors (Lipinski definition) is 0. The lowest BCUT2D eigenvalue weighted by Crippen LogP contribution is -2.32. The fraction of sp³-hybridized carbons (Fsp3) is 1.00. The topological polar surface area (TPSA) is 36.9 Å². The summed E-state index contributed by atoms with van der Waals surface area (Å²) in [4.78, 5) is 0. The van der Waals surface area contributed by atoms with Gasteiger partial charge in [0.2, 0.25) is 0 Å². The fourth-order valence-corrected chi connectivity index (χ4v) is 1.47.